The second-order valence-electron chi connectivity index (χ2n) is 6.73. The van der Waals surface area contributed by atoms with E-state index in [0.29, 0.717) is 21.6 Å². The largest absolute Gasteiger partial charge is 0.461 e. The van der Waals surface area contributed by atoms with E-state index in [0.717, 1.165) is 11.1 Å². The monoisotopic (exact) mass is 434 g/mol. The lowest BCUT2D eigenvalue weighted by atomic mass is 10.1. The standard InChI is InChI=1S/C21H19ClO6S/c1-13-3-5-16(6-4-13)29(25,26)8-7-20(23)27-12-15-10-21(24)28-19-9-14(2)18(22)11-17(15)19/h3-6,9-11H,7-8,12H2,1-2H3. The SMILES string of the molecule is Cc1ccc(S(=O)(=O)CCC(=O)OCc2cc(=O)oc3cc(C)c(Cl)cc23)cc1. The number of carbonyl (C=O) groups excluding carboxylic acids is 1. The van der Waals surface area contributed by atoms with Crippen LogP contribution in [0, 0.1) is 13.8 Å². The molecule has 0 aliphatic carbocycles. The molecule has 0 unspecified atom stereocenters. The smallest absolute Gasteiger partial charge is 0.336 e. The van der Waals surface area contributed by atoms with E-state index in [2.05, 4.69) is 0 Å². The first-order chi connectivity index (χ1) is 13.7. The van der Waals surface area contributed by atoms with E-state index in [4.69, 9.17) is 20.8 Å². The Hall–Kier alpha value is -2.64. The van der Waals surface area contributed by atoms with Crippen LogP contribution >= 0.6 is 11.6 Å². The molecule has 0 bridgehead atoms. The third-order valence-corrected chi connectivity index (χ3v) is 6.59. The van der Waals surface area contributed by atoms with E-state index >= 15 is 0 Å². The maximum Gasteiger partial charge on any atom is 0.336 e. The second-order valence-corrected chi connectivity index (χ2v) is 9.25. The summed E-state index contributed by atoms with van der Waals surface area (Å²) >= 11 is 6.14. The summed E-state index contributed by atoms with van der Waals surface area (Å²) in [5, 5.41) is 1.04. The van der Waals surface area contributed by atoms with Gasteiger partial charge in [0.25, 0.3) is 0 Å². The zero-order valence-corrected chi connectivity index (χ0v) is 17.5. The van der Waals surface area contributed by atoms with Gasteiger partial charge in [-0.15, -0.1) is 0 Å². The first-order valence-electron chi connectivity index (χ1n) is 8.83. The molecule has 0 saturated carbocycles. The van der Waals surface area contributed by atoms with E-state index in [-0.39, 0.29) is 23.7 Å². The van der Waals surface area contributed by atoms with Crippen LogP contribution in [-0.2, 0) is 26.0 Å². The number of aryl methyl sites for hydroxylation is 2. The molecular weight excluding hydrogens is 416 g/mol. The van der Waals surface area contributed by atoms with Gasteiger partial charge in [0.1, 0.15) is 12.2 Å². The predicted molar refractivity (Wildman–Crippen MR) is 110 cm³/mol. The van der Waals surface area contributed by atoms with Crippen molar-refractivity contribution < 1.29 is 22.4 Å². The second kappa shape index (κ2) is 8.39. The number of hydrogen-bond acceptors (Lipinski definition) is 6. The zero-order valence-electron chi connectivity index (χ0n) is 15.9. The fourth-order valence-electron chi connectivity index (χ4n) is 2.78. The number of carbonyl (C=O) groups is 1. The minimum Gasteiger partial charge on any atom is -0.461 e. The van der Waals surface area contributed by atoms with Crippen molar-refractivity contribution in [3.8, 4) is 0 Å². The molecule has 0 fully saturated rings. The van der Waals surface area contributed by atoms with Gasteiger partial charge >= 0.3 is 11.6 Å². The Morgan fingerprint density at radius 3 is 2.48 bits per heavy atom. The van der Waals surface area contributed by atoms with Crippen molar-refractivity contribution in [1.29, 1.82) is 0 Å². The Morgan fingerprint density at radius 1 is 1.10 bits per heavy atom. The molecule has 0 spiro atoms. The van der Waals surface area contributed by atoms with Crippen LogP contribution in [0.2, 0.25) is 5.02 Å². The van der Waals surface area contributed by atoms with Crippen LogP contribution in [0.3, 0.4) is 0 Å². The lowest BCUT2D eigenvalue weighted by Crippen LogP contribution is -2.14. The summed E-state index contributed by atoms with van der Waals surface area (Å²) < 4.78 is 35.0. The molecule has 0 amide bonds. The third-order valence-electron chi connectivity index (χ3n) is 4.45. The number of esters is 1. The van der Waals surface area contributed by atoms with Crippen LogP contribution in [0.1, 0.15) is 23.1 Å². The number of hydrogen-bond donors (Lipinski definition) is 0. The van der Waals surface area contributed by atoms with Crippen LogP contribution in [0.4, 0.5) is 0 Å². The Balaban J connectivity index is 1.69. The van der Waals surface area contributed by atoms with Crippen LogP contribution in [0.25, 0.3) is 11.0 Å². The van der Waals surface area contributed by atoms with Gasteiger partial charge in [-0.25, -0.2) is 13.2 Å². The summed E-state index contributed by atoms with van der Waals surface area (Å²) in [7, 11) is -3.59. The molecule has 0 aliphatic heterocycles. The van der Waals surface area contributed by atoms with Crippen molar-refractivity contribution >= 4 is 38.4 Å². The summed E-state index contributed by atoms with van der Waals surface area (Å²) in [6.07, 6.45) is -0.296. The molecule has 6 nitrogen and oxygen atoms in total. The number of fused-ring (bicyclic) bond motifs is 1. The van der Waals surface area contributed by atoms with E-state index in [1.54, 1.807) is 31.2 Å². The quantitative estimate of drug-likeness (QED) is 0.430. The zero-order chi connectivity index (χ0) is 21.2. The molecule has 29 heavy (non-hydrogen) atoms. The van der Waals surface area contributed by atoms with Gasteiger partial charge in [0.05, 0.1) is 17.1 Å². The summed E-state index contributed by atoms with van der Waals surface area (Å²) in [6, 6.07) is 10.9. The van der Waals surface area contributed by atoms with Gasteiger partial charge in [-0.05, 0) is 43.7 Å². The van der Waals surface area contributed by atoms with Gasteiger partial charge in [-0.3, -0.25) is 4.79 Å². The predicted octanol–water partition coefficient (Wildman–Crippen LogP) is 3.97. The average Bonchev–Trinajstić information content (AvgIpc) is 2.66. The maximum absolute atomic E-state index is 12.3. The number of halogens is 1. The van der Waals surface area contributed by atoms with Crippen molar-refractivity contribution in [2.45, 2.75) is 31.8 Å². The van der Waals surface area contributed by atoms with Crippen molar-refractivity contribution in [2.75, 3.05) is 5.75 Å². The molecule has 0 saturated heterocycles. The molecule has 0 atom stereocenters. The Bertz CT molecular complexity index is 1230. The van der Waals surface area contributed by atoms with Crippen molar-refractivity contribution in [3.05, 3.63) is 74.6 Å². The fraction of sp³-hybridized carbons (Fsp3) is 0.238. The highest BCUT2D eigenvalue weighted by molar-refractivity contribution is 7.91. The molecule has 2 aromatic carbocycles. The van der Waals surface area contributed by atoms with Gasteiger partial charge in [0.15, 0.2) is 9.84 Å². The van der Waals surface area contributed by atoms with Gasteiger partial charge in [0.2, 0.25) is 0 Å². The molecule has 0 radical (unpaired) electrons. The Labute approximate surface area is 173 Å². The normalized spacial score (nSPS) is 11.6. The third kappa shape index (κ3) is 5.05. The van der Waals surface area contributed by atoms with Crippen LogP contribution in [0.15, 0.2) is 56.6 Å². The molecule has 1 heterocycles. The summed E-state index contributed by atoms with van der Waals surface area (Å²) in [5.41, 5.74) is 1.89. The molecule has 0 aliphatic rings. The molecule has 1 aromatic heterocycles. The van der Waals surface area contributed by atoms with Gasteiger partial charge in [-0.2, -0.15) is 0 Å². The maximum atomic E-state index is 12.3. The van der Waals surface area contributed by atoms with E-state index < -0.39 is 21.4 Å². The van der Waals surface area contributed by atoms with Gasteiger partial charge in [-0.1, -0.05) is 29.3 Å². The summed E-state index contributed by atoms with van der Waals surface area (Å²) in [5.74, 6) is -1.04. The van der Waals surface area contributed by atoms with E-state index in [9.17, 15) is 18.0 Å². The number of sulfone groups is 1. The molecular formula is C21H19ClO6S. The van der Waals surface area contributed by atoms with Crippen molar-refractivity contribution in [3.63, 3.8) is 0 Å². The van der Waals surface area contributed by atoms with Crippen LogP contribution in [0.5, 0.6) is 0 Å². The topological polar surface area (TPSA) is 90.6 Å². The molecule has 152 valence electrons. The summed E-state index contributed by atoms with van der Waals surface area (Å²) in [4.78, 5) is 24.0. The first-order valence-corrected chi connectivity index (χ1v) is 10.9. The number of benzene rings is 2. The molecule has 3 aromatic rings. The first kappa shape index (κ1) is 21.1. The minimum absolute atomic E-state index is 0.160. The van der Waals surface area contributed by atoms with Crippen LogP contribution in [-0.4, -0.2) is 20.1 Å². The Kier molecular flexibility index (Phi) is 6.10. The minimum atomic E-state index is -3.59. The number of rotatable bonds is 6. The van der Waals surface area contributed by atoms with Crippen molar-refractivity contribution in [2.24, 2.45) is 0 Å². The molecule has 8 heteroatoms. The Morgan fingerprint density at radius 2 is 1.79 bits per heavy atom. The average molecular weight is 435 g/mol. The highest BCUT2D eigenvalue weighted by atomic mass is 35.5. The highest BCUT2D eigenvalue weighted by Gasteiger charge is 2.17. The van der Waals surface area contributed by atoms with Gasteiger partial charge in [0, 0.05) is 22.0 Å². The highest BCUT2D eigenvalue weighted by Crippen LogP contribution is 2.25. The van der Waals surface area contributed by atoms with Crippen molar-refractivity contribution in [1.82, 2.24) is 0 Å². The molecule has 3 rings (SSSR count). The van der Waals surface area contributed by atoms with Crippen LogP contribution < -0.4 is 5.63 Å². The lowest BCUT2D eigenvalue weighted by Gasteiger charge is -2.09. The van der Waals surface area contributed by atoms with Gasteiger partial charge < -0.3 is 9.15 Å². The fourth-order valence-corrected chi connectivity index (χ4v) is 4.16. The van der Waals surface area contributed by atoms with E-state index in [1.807, 2.05) is 6.92 Å². The summed E-state index contributed by atoms with van der Waals surface area (Å²) in [6.45, 7) is 3.45. The van der Waals surface area contributed by atoms with E-state index in [1.165, 1.54) is 18.2 Å². The lowest BCUT2D eigenvalue weighted by molar-refractivity contribution is -0.144. The number of ether oxygens (including phenoxy) is 1. The molecule has 0 N–H and O–H groups in total.